The maximum absolute atomic E-state index is 12.6. The molecule has 1 aliphatic heterocycles. The Balaban J connectivity index is 1.94. The maximum Gasteiger partial charge on any atom is 0.243 e. The van der Waals surface area contributed by atoms with E-state index in [1.807, 2.05) is 4.90 Å². The van der Waals surface area contributed by atoms with Crippen molar-refractivity contribution in [1.82, 2.24) is 14.1 Å². The second kappa shape index (κ2) is 7.52. The second-order valence-corrected chi connectivity index (χ2v) is 8.55. The molecule has 0 unspecified atom stereocenters. The summed E-state index contributed by atoms with van der Waals surface area (Å²) < 4.78 is 26.6. The summed E-state index contributed by atoms with van der Waals surface area (Å²) in [6.45, 7) is 5.22. The van der Waals surface area contributed by atoms with Gasteiger partial charge in [-0.25, -0.2) is 8.42 Å². The van der Waals surface area contributed by atoms with Gasteiger partial charge in [0.1, 0.15) is 5.54 Å². The fourth-order valence-electron chi connectivity index (χ4n) is 2.55. The number of rotatable bonds is 5. The summed E-state index contributed by atoms with van der Waals surface area (Å²) >= 11 is 0. The number of amides is 1. The van der Waals surface area contributed by atoms with Gasteiger partial charge in [-0.15, -0.1) is 0 Å². The Bertz CT molecular complexity index is 748. The third kappa shape index (κ3) is 4.37. The molecule has 0 radical (unpaired) electrons. The maximum atomic E-state index is 12.6. The summed E-state index contributed by atoms with van der Waals surface area (Å²) in [4.78, 5) is 16.0. The molecule has 0 bridgehead atoms. The molecule has 1 heterocycles. The Hall–Kier alpha value is -1.95. The third-order valence-electron chi connectivity index (χ3n) is 4.56. The van der Waals surface area contributed by atoms with Crippen LogP contribution in [0.1, 0.15) is 13.8 Å². The zero-order chi connectivity index (χ0) is 18.7. The van der Waals surface area contributed by atoms with E-state index in [2.05, 4.69) is 6.07 Å². The molecule has 1 aromatic rings. The van der Waals surface area contributed by atoms with Crippen molar-refractivity contribution in [3.63, 3.8) is 0 Å². The van der Waals surface area contributed by atoms with Crippen molar-refractivity contribution >= 4 is 15.9 Å². The first-order chi connectivity index (χ1) is 11.7. The van der Waals surface area contributed by atoms with Crippen LogP contribution in [0.5, 0.6) is 0 Å². The van der Waals surface area contributed by atoms with E-state index in [1.54, 1.807) is 51.2 Å². The number of benzene rings is 1. The lowest BCUT2D eigenvalue weighted by Gasteiger charge is -2.36. The van der Waals surface area contributed by atoms with Gasteiger partial charge in [0.25, 0.3) is 0 Å². The Labute approximate surface area is 149 Å². The monoisotopic (exact) mass is 364 g/mol. The molecule has 0 N–H and O–H groups in total. The Kier molecular flexibility index (Phi) is 5.83. The quantitative estimate of drug-likeness (QED) is 0.770. The predicted molar refractivity (Wildman–Crippen MR) is 94.1 cm³/mol. The molecular weight excluding hydrogens is 340 g/mol. The topological polar surface area (TPSA) is 84.7 Å². The van der Waals surface area contributed by atoms with Crippen molar-refractivity contribution in [2.45, 2.75) is 24.3 Å². The van der Waals surface area contributed by atoms with Crippen LogP contribution in [0.2, 0.25) is 0 Å². The lowest BCUT2D eigenvalue weighted by Crippen LogP contribution is -2.53. The molecule has 0 aromatic heterocycles. The van der Waals surface area contributed by atoms with Crippen molar-refractivity contribution in [3.05, 3.63) is 30.3 Å². The molecule has 25 heavy (non-hydrogen) atoms. The average Bonchev–Trinajstić information content (AvgIpc) is 2.62. The minimum absolute atomic E-state index is 0.147. The number of nitrogens with zero attached hydrogens (tertiary/aromatic N) is 4. The molecule has 7 nitrogen and oxygen atoms in total. The van der Waals surface area contributed by atoms with Crippen molar-refractivity contribution in [2.75, 3.05) is 39.8 Å². The highest BCUT2D eigenvalue weighted by atomic mass is 32.2. The van der Waals surface area contributed by atoms with E-state index in [0.29, 0.717) is 26.2 Å². The van der Waals surface area contributed by atoms with Crippen LogP contribution >= 0.6 is 0 Å². The van der Waals surface area contributed by atoms with E-state index in [1.165, 1.54) is 9.21 Å². The first-order valence-corrected chi connectivity index (χ1v) is 9.58. The van der Waals surface area contributed by atoms with Gasteiger partial charge in [0.2, 0.25) is 15.9 Å². The molecule has 0 atom stereocenters. The Morgan fingerprint density at radius 2 is 1.76 bits per heavy atom. The molecule has 136 valence electrons. The van der Waals surface area contributed by atoms with Crippen molar-refractivity contribution in [3.8, 4) is 6.07 Å². The predicted octanol–water partition coefficient (Wildman–Crippen LogP) is 0.753. The molecule has 1 aromatic carbocycles. The van der Waals surface area contributed by atoms with Crippen molar-refractivity contribution < 1.29 is 13.2 Å². The molecule has 0 aliphatic carbocycles. The van der Waals surface area contributed by atoms with E-state index in [0.717, 1.165) is 0 Å². The Morgan fingerprint density at radius 1 is 1.20 bits per heavy atom. The minimum Gasteiger partial charge on any atom is -0.326 e. The summed E-state index contributed by atoms with van der Waals surface area (Å²) in [5, 5.41) is 9.12. The van der Waals surface area contributed by atoms with Gasteiger partial charge in [-0.05, 0) is 26.0 Å². The van der Waals surface area contributed by atoms with E-state index in [-0.39, 0.29) is 17.3 Å². The molecule has 1 amide bonds. The van der Waals surface area contributed by atoms with Gasteiger partial charge in [-0.1, -0.05) is 18.2 Å². The van der Waals surface area contributed by atoms with Gasteiger partial charge in [0, 0.05) is 33.2 Å². The van der Waals surface area contributed by atoms with Crippen molar-refractivity contribution in [1.29, 1.82) is 5.26 Å². The number of piperazine rings is 1. The van der Waals surface area contributed by atoms with Crippen molar-refractivity contribution in [2.24, 2.45) is 0 Å². The Morgan fingerprint density at radius 3 is 2.28 bits per heavy atom. The van der Waals surface area contributed by atoms with Crippen LogP contribution < -0.4 is 0 Å². The van der Waals surface area contributed by atoms with Crippen LogP contribution in [0.25, 0.3) is 0 Å². The van der Waals surface area contributed by atoms with Crippen LogP contribution in [-0.4, -0.2) is 73.7 Å². The van der Waals surface area contributed by atoms with E-state index in [4.69, 9.17) is 5.26 Å². The van der Waals surface area contributed by atoms with Gasteiger partial charge in [0.05, 0.1) is 17.5 Å². The highest BCUT2D eigenvalue weighted by molar-refractivity contribution is 7.89. The number of likely N-dealkylation sites (N-methyl/N-ethyl adjacent to an activating group) is 1. The van der Waals surface area contributed by atoms with E-state index < -0.39 is 15.6 Å². The molecule has 0 saturated carbocycles. The van der Waals surface area contributed by atoms with E-state index in [9.17, 15) is 13.2 Å². The lowest BCUT2D eigenvalue weighted by molar-refractivity contribution is -0.134. The molecule has 8 heteroatoms. The summed E-state index contributed by atoms with van der Waals surface area (Å²) in [7, 11) is -1.88. The zero-order valence-corrected chi connectivity index (χ0v) is 15.7. The van der Waals surface area contributed by atoms with Gasteiger partial charge in [-0.2, -0.15) is 9.57 Å². The fourth-order valence-corrected chi connectivity index (χ4v) is 4.00. The highest BCUT2D eigenvalue weighted by Gasteiger charge is 2.31. The second-order valence-electron chi connectivity index (χ2n) is 6.62. The largest absolute Gasteiger partial charge is 0.326 e. The number of carbonyl (C=O) groups excluding carboxylic acids is 1. The molecule has 2 rings (SSSR count). The first-order valence-electron chi connectivity index (χ1n) is 8.14. The first kappa shape index (κ1) is 19.4. The highest BCUT2D eigenvalue weighted by Crippen LogP contribution is 2.17. The number of sulfonamides is 1. The summed E-state index contributed by atoms with van der Waals surface area (Å²) in [6.07, 6.45) is 0. The molecule has 0 spiro atoms. The van der Waals surface area contributed by atoms with Gasteiger partial charge in [-0.3, -0.25) is 9.69 Å². The average molecular weight is 364 g/mol. The molecule has 1 fully saturated rings. The van der Waals surface area contributed by atoms with Crippen LogP contribution in [0, 0.1) is 11.3 Å². The summed E-state index contributed by atoms with van der Waals surface area (Å²) in [6, 6.07) is 10.5. The fraction of sp³-hybridized carbons (Fsp3) is 0.529. The number of carbonyl (C=O) groups is 1. The van der Waals surface area contributed by atoms with Gasteiger partial charge in [0.15, 0.2) is 0 Å². The normalized spacial score (nSPS) is 17.0. The standard InChI is InChI=1S/C17H24N4O3S/c1-17(2,14-18)19(3)16(22)13-20-9-11-21(12-10-20)25(23,24)15-7-5-4-6-8-15/h4-8H,9-13H2,1-3H3. The summed E-state index contributed by atoms with van der Waals surface area (Å²) in [5.41, 5.74) is -0.866. The number of nitriles is 1. The zero-order valence-electron chi connectivity index (χ0n) is 14.8. The molecular formula is C17H24N4O3S. The van der Waals surface area contributed by atoms with Crippen LogP contribution in [0.3, 0.4) is 0 Å². The minimum atomic E-state index is -3.49. The molecule has 1 saturated heterocycles. The van der Waals surface area contributed by atoms with Crippen LogP contribution in [-0.2, 0) is 14.8 Å². The smallest absolute Gasteiger partial charge is 0.243 e. The van der Waals surface area contributed by atoms with Gasteiger partial charge >= 0.3 is 0 Å². The van der Waals surface area contributed by atoms with Crippen LogP contribution in [0.4, 0.5) is 0 Å². The van der Waals surface area contributed by atoms with Crippen LogP contribution in [0.15, 0.2) is 35.2 Å². The SMILES string of the molecule is CN(C(=O)CN1CCN(S(=O)(=O)c2ccccc2)CC1)C(C)(C)C#N. The molecule has 1 aliphatic rings. The van der Waals surface area contributed by atoms with E-state index >= 15 is 0 Å². The summed E-state index contributed by atoms with van der Waals surface area (Å²) in [5.74, 6) is -0.147. The third-order valence-corrected chi connectivity index (χ3v) is 6.47. The van der Waals surface area contributed by atoms with Gasteiger partial charge < -0.3 is 4.90 Å². The lowest BCUT2D eigenvalue weighted by atomic mass is 10.1. The number of hydrogen-bond donors (Lipinski definition) is 0. The number of hydrogen-bond acceptors (Lipinski definition) is 5.